The van der Waals surface area contributed by atoms with Gasteiger partial charge in [0.15, 0.2) is 0 Å². The molecule has 1 heterocycles. The van der Waals surface area contributed by atoms with Crippen molar-refractivity contribution in [2.75, 3.05) is 12.4 Å². The van der Waals surface area contributed by atoms with Crippen LogP contribution in [-0.4, -0.2) is 51.1 Å². The predicted octanol–water partition coefficient (Wildman–Crippen LogP) is 2.62. The third kappa shape index (κ3) is 4.61. The fraction of sp³-hybridized carbons (Fsp3) is 0.684. The summed E-state index contributed by atoms with van der Waals surface area (Å²) in [7, 11) is -2.78. The monoisotopic (exact) mass is 369 g/mol. The van der Waals surface area contributed by atoms with Crippen LogP contribution in [0.2, 0.25) is 0 Å². The molecule has 0 bridgehead atoms. The van der Waals surface area contributed by atoms with Gasteiger partial charge in [-0.1, -0.05) is 38.5 Å². The fourth-order valence-electron chi connectivity index (χ4n) is 3.08. The van der Waals surface area contributed by atoms with Crippen LogP contribution in [0, 0.1) is 18.8 Å². The molecule has 1 fully saturated rings. The van der Waals surface area contributed by atoms with Gasteiger partial charge in [0.25, 0.3) is 0 Å². The molecule has 0 radical (unpaired) electrons. The highest BCUT2D eigenvalue weighted by molar-refractivity contribution is 7.93. The summed E-state index contributed by atoms with van der Waals surface area (Å²) >= 11 is 0. The highest BCUT2D eigenvalue weighted by atomic mass is 32.2. The molecule has 1 aromatic carbocycles. The SMILES string of the molecule is Cc1ccc([S@@](=O)(C[C@H]2O[C@@H](C)[C@H](O)[C@@H]2C)=N[C@H](CO)C(C)C)cc1. The second-order valence-corrected chi connectivity index (χ2v) is 9.75. The van der Waals surface area contributed by atoms with E-state index in [9.17, 15) is 14.4 Å². The smallest absolute Gasteiger partial charge is 0.0850 e. The fourth-order valence-corrected chi connectivity index (χ4v) is 5.61. The Morgan fingerprint density at radius 1 is 1.24 bits per heavy atom. The standard InChI is InChI=1S/C19H31NO4S/c1-12(2)17(10-21)20-25(23,16-8-6-13(3)7-9-16)11-18-14(4)19(22)15(5)24-18/h6-9,12,14-15,17-19,21-22H,10-11H2,1-5H3/t14-,15+,17-,18-,19-,25+/m1/s1. The van der Waals surface area contributed by atoms with Crippen LogP contribution >= 0.6 is 0 Å². The highest BCUT2D eigenvalue weighted by Crippen LogP contribution is 2.30. The summed E-state index contributed by atoms with van der Waals surface area (Å²) in [5.41, 5.74) is 1.09. The summed E-state index contributed by atoms with van der Waals surface area (Å²) < 4.78 is 24.3. The zero-order chi connectivity index (χ0) is 18.8. The molecule has 0 aliphatic carbocycles. The molecule has 1 aromatic rings. The van der Waals surface area contributed by atoms with Gasteiger partial charge < -0.3 is 14.9 Å². The molecule has 2 N–H and O–H groups in total. The summed E-state index contributed by atoms with van der Waals surface area (Å²) in [4.78, 5) is 0.655. The van der Waals surface area contributed by atoms with E-state index in [1.165, 1.54) is 0 Å². The maximum atomic E-state index is 13.8. The minimum absolute atomic E-state index is 0.0858. The van der Waals surface area contributed by atoms with E-state index < -0.39 is 21.9 Å². The van der Waals surface area contributed by atoms with E-state index in [0.29, 0.717) is 4.90 Å². The van der Waals surface area contributed by atoms with Crippen LogP contribution < -0.4 is 0 Å². The summed E-state index contributed by atoms with van der Waals surface area (Å²) in [5.74, 6) is 0.202. The Balaban J connectivity index is 2.44. The van der Waals surface area contributed by atoms with Gasteiger partial charge in [0.1, 0.15) is 0 Å². The Morgan fingerprint density at radius 2 is 1.84 bits per heavy atom. The number of nitrogens with zero attached hydrogens (tertiary/aromatic N) is 1. The minimum atomic E-state index is -2.78. The molecule has 5 nitrogen and oxygen atoms in total. The molecule has 1 aliphatic heterocycles. The molecule has 0 aromatic heterocycles. The summed E-state index contributed by atoms with van der Waals surface area (Å²) in [5, 5.41) is 19.8. The zero-order valence-electron chi connectivity index (χ0n) is 15.8. The zero-order valence-corrected chi connectivity index (χ0v) is 16.6. The largest absolute Gasteiger partial charge is 0.394 e. The van der Waals surface area contributed by atoms with Gasteiger partial charge in [-0.05, 0) is 31.9 Å². The first-order valence-electron chi connectivity index (χ1n) is 8.93. The van der Waals surface area contributed by atoms with Crippen LogP contribution in [0.15, 0.2) is 33.5 Å². The van der Waals surface area contributed by atoms with Crippen molar-refractivity contribution in [1.29, 1.82) is 0 Å². The number of aliphatic hydroxyl groups is 2. The van der Waals surface area contributed by atoms with E-state index in [2.05, 4.69) is 4.36 Å². The Bertz CT molecular complexity index is 679. The lowest BCUT2D eigenvalue weighted by molar-refractivity contribution is 0.0298. The van der Waals surface area contributed by atoms with Gasteiger partial charge in [-0.15, -0.1) is 0 Å². The predicted molar refractivity (Wildman–Crippen MR) is 100 cm³/mol. The first-order chi connectivity index (χ1) is 11.7. The van der Waals surface area contributed by atoms with Crippen molar-refractivity contribution in [1.82, 2.24) is 0 Å². The van der Waals surface area contributed by atoms with E-state index in [1.807, 2.05) is 58.9 Å². The molecule has 0 spiro atoms. The van der Waals surface area contributed by atoms with E-state index in [4.69, 9.17) is 4.74 Å². The highest BCUT2D eigenvalue weighted by Gasteiger charge is 2.40. The van der Waals surface area contributed by atoms with E-state index in [-0.39, 0.29) is 36.4 Å². The van der Waals surface area contributed by atoms with Crippen molar-refractivity contribution in [3.63, 3.8) is 0 Å². The van der Waals surface area contributed by atoms with Crippen LogP contribution in [0.4, 0.5) is 0 Å². The third-order valence-corrected chi connectivity index (χ3v) is 7.44. The molecule has 0 amide bonds. The lowest BCUT2D eigenvalue weighted by atomic mass is 10.0. The van der Waals surface area contributed by atoms with Gasteiger partial charge in [-0.25, -0.2) is 8.57 Å². The quantitative estimate of drug-likeness (QED) is 0.808. The molecule has 6 heteroatoms. The van der Waals surface area contributed by atoms with Gasteiger partial charge in [0.2, 0.25) is 0 Å². The Kier molecular flexibility index (Phi) is 6.65. The lowest BCUT2D eigenvalue weighted by Crippen LogP contribution is -2.30. The molecule has 1 saturated heterocycles. The first-order valence-corrected chi connectivity index (χ1v) is 10.6. The normalized spacial score (nSPS) is 30.2. The van der Waals surface area contributed by atoms with Crippen molar-refractivity contribution in [3.8, 4) is 0 Å². The van der Waals surface area contributed by atoms with Crippen molar-refractivity contribution in [2.24, 2.45) is 16.2 Å². The summed E-state index contributed by atoms with van der Waals surface area (Å²) in [6, 6.07) is 7.13. The average Bonchev–Trinajstić information content (AvgIpc) is 2.80. The molecule has 2 rings (SSSR count). The second kappa shape index (κ2) is 8.16. The van der Waals surface area contributed by atoms with Gasteiger partial charge in [-0.2, -0.15) is 0 Å². The van der Waals surface area contributed by atoms with Crippen molar-refractivity contribution in [2.45, 2.75) is 63.9 Å². The maximum absolute atomic E-state index is 13.8. The van der Waals surface area contributed by atoms with Gasteiger partial charge >= 0.3 is 0 Å². The van der Waals surface area contributed by atoms with Crippen LogP contribution in [0.5, 0.6) is 0 Å². The van der Waals surface area contributed by atoms with Crippen molar-refractivity contribution >= 4 is 9.73 Å². The Labute approximate surface area is 151 Å². The van der Waals surface area contributed by atoms with Crippen molar-refractivity contribution < 1.29 is 19.2 Å². The van der Waals surface area contributed by atoms with Crippen LogP contribution in [0.25, 0.3) is 0 Å². The van der Waals surface area contributed by atoms with Crippen molar-refractivity contribution in [3.05, 3.63) is 29.8 Å². The molecular formula is C19H31NO4S. The molecule has 142 valence electrons. The van der Waals surface area contributed by atoms with Gasteiger partial charge in [-0.3, -0.25) is 0 Å². The minimum Gasteiger partial charge on any atom is -0.394 e. The number of ether oxygens (including phenoxy) is 1. The number of rotatable bonds is 6. The Hall–Kier alpha value is -0.950. The number of aliphatic hydroxyl groups excluding tert-OH is 2. The summed E-state index contributed by atoms with van der Waals surface area (Å²) in [6.45, 7) is 9.50. The van der Waals surface area contributed by atoms with Crippen LogP contribution in [0.3, 0.4) is 0 Å². The van der Waals surface area contributed by atoms with E-state index in [0.717, 1.165) is 5.56 Å². The van der Waals surface area contributed by atoms with Gasteiger partial charge in [0, 0.05) is 10.8 Å². The first kappa shape index (κ1) is 20.4. The average molecular weight is 370 g/mol. The maximum Gasteiger partial charge on any atom is 0.0850 e. The second-order valence-electron chi connectivity index (χ2n) is 7.45. The molecule has 25 heavy (non-hydrogen) atoms. The molecular weight excluding hydrogens is 338 g/mol. The van der Waals surface area contributed by atoms with E-state index in [1.54, 1.807) is 0 Å². The number of benzene rings is 1. The number of hydrogen-bond acceptors (Lipinski definition) is 5. The molecule has 1 aliphatic rings. The van der Waals surface area contributed by atoms with Crippen LogP contribution in [0.1, 0.15) is 33.3 Å². The lowest BCUT2D eigenvalue weighted by Gasteiger charge is -2.22. The van der Waals surface area contributed by atoms with Gasteiger partial charge in [0.05, 0.1) is 46.4 Å². The molecule has 6 atom stereocenters. The molecule has 0 saturated carbocycles. The summed E-state index contributed by atoms with van der Waals surface area (Å²) in [6.07, 6.45) is -1.17. The Morgan fingerprint density at radius 3 is 2.28 bits per heavy atom. The number of aryl methyl sites for hydroxylation is 1. The van der Waals surface area contributed by atoms with Crippen LogP contribution in [-0.2, 0) is 14.5 Å². The number of hydrogen-bond donors (Lipinski definition) is 2. The molecule has 0 unspecified atom stereocenters. The third-order valence-electron chi connectivity index (χ3n) is 5.04. The topological polar surface area (TPSA) is 79.1 Å². The van der Waals surface area contributed by atoms with E-state index >= 15 is 0 Å².